The third-order valence-corrected chi connectivity index (χ3v) is 4.62. The Labute approximate surface area is 133 Å². The number of benzene rings is 1. The summed E-state index contributed by atoms with van der Waals surface area (Å²) in [5.41, 5.74) is 0.992. The normalized spacial score (nSPS) is 23.8. The summed E-state index contributed by atoms with van der Waals surface area (Å²) in [7, 11) is 0. The van der Waals surface area contributed by atoms with Crippen LogP contribution in [0, 0.1) is 5.82 Å². The fraction of sp³-hybridized carbons (Fsp3) is 0.412. The highest BCUT2D eigenvalue weighted by atomic mass is 19.1. The molecule has 1 saturated carbocycles. The van der Waals surface area contributed by atoms with Crippen molar-refractivity contribution in [2.75, 3.05) is 13.2 Å². The van der Waals surface area contributed by atoms with E-state index >= 15 is 0 Å². The number of fused-ring (bicyclic) bond motifs is 1. The number of amides is 1. The number of hydrogen-bond donors (Lipinski definition) is 0. The lowest BCUT2D eigenvalue weighted by Crippen LogP contribution is -2.51. The molecule has 0 bridgehead atoms. The zero-order valence-electron chi connectivity index (χ0n) is 12.7. The van der Waals surface area contributed by atoms with E-state index in [9.17, 15) is 9.18 Å². The topological polar surface area (TPSA) is 47.4 Å². The molecule has 0 radical (unpaired) electrons. The van der Waals surface area contributed by atoms with Crippen molar-refractivity contribution < 1.29 is 13.9 Å². The number of rotatable bonds is 2. The molecule has 1 aliphatic heterocycles. The van der Waals surface area contributed by atoms with E-state index in [0.717, 1.165) is 19.3 Å². The van der Waals surface area contributed by atoms with Crippen LogP contribution < -0.4 is 0 Å². The number of halogens is 1. The van der Waals surface area contributed by atoms with Gasteiger partial charge in [0.05, 0.1) is 24.4 Å². The molecular formula is C17H18FN3O2. The standard InChI is InChI=1S/C17H18FN3O2/c18-12-3-1-4-13(11-12)21-8-7-14(19-21)17(22)20-9-10-23-16-6-2-5-15(16)20/h1,3-4,7-8,11,15-16H,2,5-6,9-10H2/t15-,16+/m1/s1. The van der Waals surface area contributed by atoms with E-state index in [4.69, 9.17) is 4.74 Å². The second kappa shape index (κ2) is 5.77. The van der Waals surface area contributed by atoms with Crippen LogP contribution in [-0.4, -0.2) is 45.9 Å². The summed E-state index contributed by atoms with van der Waals surface area (Å²) in [4.78, 5) is 14.7. The zero-order valence-corrected chi connectivity index (χ0v) is 12.7. The lowest BCUT2D eigenvalue weighted by Gasteiger charge is -2.37. The first-order valence-corrected chi connectivity index (χ1v) is 7.96. The van der Waals surface area contributed by atoms with Gasteiger partial charge in [-0.2, -0.15) is 5.10 Å². The number of carbonyl (C=O) groups excluding carboxylic acids is 1. The number of morpholine rings is 1. The molecule has 0 unspecified atom stereocenters. The van der Waals surface area contributed by atoms with Crippen molar-refractivity contribution in [3.63, 3.8) is 0 Å². The minimum absolute atomic E-state index is 0.0691. The molecule has 2 atom stereocenters. The minimum Gasteiger partial charge on any atom is -0.374 e. The van der Waals surface area contributed by atoms with E-state index in [1.54, 1.807) is 24.4 Å². The fourth-order valence-corrected chi connectivity index (χ4v) is 3.53. The zero-order chi connectivity index (χ0) is 15.8. The molecule has 2 aromatic rings. The summed E-state index contributed by atoms with van der Waals surface area (Å²) < 4.78 is 20.6. The molecule has 2 aliphatic rings. The van der Waals surface area contributed by atoms with Gasteiger partial charge >= 0.3 is 0 Å². The Hall–Kier alpha value is -2.21. The van der Waals surface area contributed by atoms with Crippen molar-refractivity contribution >= 4 is 5.91 Å². The number of aromatic nitrogens is 2. The Morgan fingerprint density at radius 1 is 1.30 bits per heavy atom. The third-order valence-electron chi connectivity index (χ3n) is 4.62. The highest BCUT2D eigenvalue weighted by molar-refractivity contribution is 5.92. The minimum atomic E-state index is -0.326. The second-order valence-electron chi connectivity index (χ2n) is 6.03. The first-order valence-electron chi connectivity index (χ1n) is 7.96. The highest BCUT2D eigenvalue weighted by Gasteiger charge is 2.39. The summed E-state index contributed by atoms with van der Waals surface area (Å²) >= 11 is 0. The molecule has 4 rings (SSSR count). The molecule has 23 heavy (non-hydrogen) atoms. The summed E-state index contributed by atoms with van der Waals surface area (Å²) in [5, 5.41) is 4.33. The predicted octanol–water partition coefficient (Wildman–Crippen LogP) is 2.40. The molecule has 0 spiro atoms. The van der Waals surface area contributed by atoms with Crippen molar-refractivity contribution in [2.24, 2.45) is 0 Å². The number of nitrogens with zero attached hydrogens (tertiary/aromatic N) is 3. The maximum absolute atomic E-state index is 13.3. The smallest absolute Gasteiger partial charge is 0.274 e. The van der Waals surface area contributed by atoms with Gasteiger partial charge in [0.15, 0.2) is 5.69 Å². The SMILES string of the molecule is O=C(c1ccn(-c2cccc(F)c2)n1)N1CCO[C@H]2CCC[C@H]21. The van der Waals surface area contributed by atoms with Gasteiger partial charge in [0, 0.05) is 12.7 Å². The van der Waals surface area contributed by atoms with Gasteiger partial charge in [-0.25, -0.2) is 9.07 Å². The summed E-state index contributed by atoms with van der Waals surface area (Å²) in [6, 6.07) is 8.00. The molecule has 1 aliphatic carbocycles. The van der Waals surface area contributed by atoms with E-state index in [2.05, 4.69) is 5.10 Å². The second-order valence-corrected chi connectivity index (χ2v) is 6.03. The number of hydrogen-bond acceptors (Lipinski definition) is 3. The maximum Gasteiger partial charge on any atom is 0.274 e. The van der Waals surface area contributed by atoms with Crippen LogP contribution in [0.4, 0.5) is 4.39 Å². The quantitative estimate of drug-likeness (QED) is 0.855. The molecule has 120 valence electrons. The van der Waals surface area contributed by atoms with E-state index in [-0.39, 0.29) is 23.9 Å². The van der Waals surface area contributed by atoms with Gasteiger partial charge < -0.3 is 9.64 Å². The molecule has 2 heterocycles. The average molecular weight is 315 g/mol. The van der Waals surface area contributed by atoms with E-state index in [0.29, 0.717) is 24.5 Å². The van der Waals surface area contributed by atoms with Crippen LogP contribution >= 0.6 is 0 Å². The molecule has 0 N–H and O–H groups in total. The Morgan fingerprint density at radius 3 is 3.09 bits per heavy atom. The van der Waals surface area contributed by atoms with Gasteiger partial charge in [0.1, 0.15) is 5.82 Å². The van der Waals surface area contributed by atoms with Crippen molar-refractivity contribution in [2.45, 2.75) is 31.4 Å². The van der Waals surface area contributed by atoms with E-state index in [1.165, 1.54) is 16.8 Å². The Morgan fingerprint density at radius 2 is 2.22 bits per heavy atom. The molecule has 1 saturated heterocycles. The Balaban J connectivity index is 1.57. The monoisotopic (exact) mass is 315 g/mol. The van der Waals surface area contributed by atoms with Gasteiger partial charge in [0.25, 0.3) is 5.91 Å². The van der Waals surface area contributed by atoms with Crippen LogP contribution in [0.1, 0.15) is 29.8 Å². The number of ether oxygens (including phenoxy) is 1. The molecule has 1 aromatic heterocycles. The largest absolute Gasteiger partial charge is 0.374 e. The maximum atomic E-state index is 13.3. The molecule has 1 amide bonds. The molecule has 5 nitrogen and oxygen atoms in total. The fourth-order valence-electron chi connectivity index (χ4n) is 3.53. The third kappa shape index (κ3) is 2.63. The Bertz CT molecular complexity index is 730. The molecule has 1 aromatic carbocycles. The van der Waals surface area contributed by atoms with Gasteiger partial charge in [-0.1, -0.05) is 6.07 Å². The first kappa shape index (κ1) is 14.4. The first-order chi connectivity index (χ1) is 11.2. The van der Waals surface area contributed by atoms with Crippen molar-refractivity contribution in [3.05, 3.63) is 48.0 Å². The summed E-state index contributed by atoms with van der Waals surface area (Å²) in [5.74, 6) is -0.395. The average Bonchev–Trinajstić information content (AvgIpc) is 3.23. The van der Waals surface area contributed by atoms with Gasteiger partial charge in [-0.05, 0) is 43.5 Å². The molecular weight excluding hydrogens is 297 g/mol. The lowest BCUT2D eigenvalue weighted by molar-refractivity contribution is -0.0447. The molecule has 6 heteroatoms. The van der Waals surface area contributed by atoms with E-state index in [1.807, 2.05) is 4.90 Å². The van der Waals surface area contributed by atoms with Crippen LogP contribution in [0.15, 0.2) is 36.5 Å². The van der Waals surface area contributed by atoms with Crippen molar-refractivity contribution in [1.82, 2.24) is 14.7 Å². The van der Waals surface area contributed by atoms with E-state index < -0.39 is 0 Å². The van der Waals surface area contributed by atoms with Crippen LogP contribution in [0.5, 0.6) is 0 Å². The van der Waals surface area contributed by atoms with Crippen molar-refractivity contribution in [1.29, 1.82) is 0 Å². The van der Waals surface area contributed by atoms with Crippen LogP contribution in [-0.2, 0) is 4.74 Å². The van der Waals surface area contributed by atoms with Gasteiger partial charge in [-0.15, -0.1) is 0 Å². The number of carbonyl (C=O) groups is 1. The van der Waals surface area contributed by atoms with Gasteiger partial charge in [-0.3, -0.25) is 4.79 Å². The molecule has 2 fully saturated rings. The van der Waals surface area contributed by atoms with Crippen LogP contribution in [0.2, 0.25) is 0 Å². The Kier molecular flexibility index (Phi) is 3.61. The van der Waals surface area contributed by atoms with Crippen LogP contribution in [0.3, 0.4) is 0 Å². The van der Waals surface area contributed by atoms with Crippen molar-refractivity contribution in [3.8, 4) is 5.69 Å². The highest BCUT2D eigenvalue weighted by Crippen LogP contribution is 2.30. The summed E-state index contributed by atoms with van der Waals surface area (Å²) in [6.45, 7) is 1.18. The van der Waals surface area contributed by atoms with Gasteiger partial charge in [0.2, 0.25) is 0 Å². The predicted molar refractivity (Wildman–Crippen MR) is 81.9 cm³/mol. The lowest BCUT2D eigenvalue weighted by atomic mass is 10.1. The summed E-state index contributed by atoms with van der Waals surface area (Å²) in [6.07, 6.45) is 4.96. The van der Waals surface area contributed by atoms with Crippen LogP contribution in [0.25, 0.3) is 5.69 Å².